The fourth-order valence-corrected chi connectivity index (χ4v) is 4.59. The molecule has 1 amide bonds. The van der Waals surface area contributed by atoms with Gasteiger partial charge in [-0.3, -0.25) is 9.89 Å². The van der Waals surface area contributed by atoms with Crippen LogP contribution >= 0.6 is 0 Å². The summed E-state index contributed by atoms with van der Waals surface area (Å²) in [7, 11) is 1.64. The number of rotatable bonds is 6. The second-order valence-corrected chi connectivity index (χ2v) is 8.59. The number of pyridine rings is 1. The number of hydrogen-bond acceptors (Lipinski definition) is 6. The number of anilines is 1. The first kappa shape index (κ1) is 20.8. The lowest BCUT2D eigenvalue weighted by atomic mass is 10.0. The fraction of sp³-hybridized carbons (Fsp3) is 0.458. The molecule has 3 aromatic rings. The maximum atomic E-state index is 12.8. The highest BCUT2D eigenvalue weighted by atomic mass is 16.5. The molecule has 8 heteroatoms. The average Bonchev–Trinajstić information content (AvgIpc) is 3.47. The number of hydrogen-bond donors (Lipinski definition) is 2. The molecule has 2 N–H and O–H groups in total. The molecule has 0 aliphatic carbocycles. The Bertz CT molecular complexity index is 1090. The van der Waals surface area contributed by atoms with Crippen molar-refractivity contribution in [3.63, 3.8) is 0 Å². The Morgan fingerprint density at radius 2 is 2.12 bits per heavy atom. The standard InChI is InChI=1S/C24H29N5O3/c1-31-19-4-2-3-16(13-19)14-22(30)29-10-7-17(15-29)21-6-5-20-23(27-28-24(20)26-21)25-18-8-11-32-12-9-18/h2-6,13,17-18H,7-12,14-15H2,1H3,(H2,25,26,27,28)/t17-/m1/s1. The minimum Gasteiger partial charge on any atom is -0.497 e. The second kappa shape index (κ2) is 9.16. The summed E-state index contributed by atoms with van der Waals surface area (Å²) >= 11 is 0. The van der Waals surface area contributed by atoms with Gasteiger partial charge in [0.1, 0.15) is 5.75 Å². The average molecular weight is 436 g/mol. The lowest BCUT2D eigenvalue weighted by Crippen LogP contribution is -2.30. The van der Waals surface area contributed by atoms with Crippen LogP contribution in [0.4, 0.5) is 5.82 Å². The van der Waals surface area contributed by atoms with Gasteiger partial charge >= 0.3 is 0 Å². The Balaban J connectivity index is 1.23. The number of likely N-dealkylation sites (tertiary alicyclic amines) is 1. The van der Waals surface area contributed by atoms with Gasteiger partial charge in [0.2, 0.25) is 5.91 Å². The zero-order chi connectivity index (χ0) is 21.9. The quantitative estimate of drug-likeness (QED) is 0.618. The van der Waals surface area contributed by atoms with Crippen molar-refractivity contribution in [1.29, 1.82) is 0 Å². The molecule has 2 aliphatic heterocycles. The number of ether oxygens (including phenoxy) is 2. The van der Waals surface area contributed by atoms with Crippen molar-refractivity contribution in [2.75, 3.05) is 38.7 Å². The van der Waals surface area contributed by atoms with Gasteiger partial charge in [-0.05, 0) is 49.1 Å². The summed E-state index contributed by atoms with van der Waals surface area (Å²) in [5.74, 6) is 2.01. The first-order valence-electron chi connectivity index (χ1n) is 11.3. The molecule has 2 saturated heterocycles. The van der Waals surface area contributed by atoms with Gasteiger partial charge in [-0.2, -0.15) is 5.10 Å². The number of aromatic amines is 1. The van der Waals surface area contributed by atoms with Gasteiger partial charge in [0.25, 0.3) is 0 Å². The number of fused-ring (bicyclic) bond motifs is 1. The van der Waals surface area contributed by atoms with Gasteiger partial charge in [0, 0.05) is 44.0 Å². The summed E-state index contributed by atoms with van der Waals surface area (Å²) in [5.41, 5.74) is 2.77. The molecule has 5 rings (SSSR count). The van der Waals surface area contributed by atoms with Crippen molar-refractivity contribution in [3.8, 4) is 5.75 Å². The maximum Gasteiger partial charge on any atom is 0.227 e. The molecule has 2 fully saturated rings. The van der Waals surface area contributed by atoms with E-state index in [1.807, 2.05) is 29.2 Å². The normalized spacial score (nSPS) is 19.4. The maximum absolute atomic E-state index is 12.8. The van der Waals surface area contributed by atoms with Crippen LogP contribution < -0.4 is 10.1 Å². The third-order valence-electron chi connectivity index (χ3n) is 6.46. The number of nitrogens with zero attached hydrogens (tertiary/aromatic N) is 3. The Labute approximate surface area is 187 Å². The van der Waals surface area contributed by atoms with Crippen molar-refractivity contribution >= 4 is 22.8 Å². The van der Waals surface area contributed by atoms with E-state index in [4.69, 9.17) is 14.5 Å². The van der Waals surface area contributed by atoms with Crippen LogP contribution in [-0.2, 0) is 16.0 Å². The summed E-state index contributed by atoms with van der Waals surface area (Å²) in [6.07, 6.45) is 3.28. The predicted molar refractivity (Wildman–Crippen MR) is 122 cm³/mol. The molecule has 32 heavy (non-hydrogen) atoms. The van der Waals surface area contributed by atoms with Gasteiger partial charge < -0.3 is 19.7 Å². The molecule has 4 heterocycles. The lowest BCUT2D eigenvalue weighted by Gasteiger charge is -2.23. The number of carbonyl (C=O) groups excluding carboxylic acids is 1. The Hall–Kier alpha value is -3.13. The summed E-state index contributed by atoms with van der Waals surface area (Å²) in [5, 5.41) is 12.0. The Kier molecular flexibility index (Phi) is 5.94. The molecule has 0 bridgehead atoms. The molecule has 1 atom stereocenters. The minimum atomic E-state index is 0.145. The van der Waals surface area contributed by atoms with Gasteiger partial charge in [-0.15, -0.1) is 0 Å². The molecule has 2 aliphatic rings. The monoisotopic (exact) mass is 435 g/mol. The first-order valence-corrected chi connectivity index (χ1v) is 11.3. The van der Waals surface area contributed by atoms with Crippen LogP contribution in [0.25, 0.3) is 11.0 Å². The van der Waals surface area contributed by atoms with Crippen LogP contribution in [-0.4, -0.2) is 65.4 Å². The zero-order valence-corrected chi connectivity index (χ0v) is 18.3. The van der Waals surface area contributed by atoms with Crippen LogP contribution in [0.1, 0.15) is 36.4 Å². The van der Waals surface area contributed by atoms with Crippen LogP contribution in [0.2, 0.25) is 0 Å². The molecule has 1 aromatic carbocycles. The fourth-order valence-electron chi connectivity index (χ4n) is 4.59. The molecular formula is C24H29N5O3. The predicted octanol–water partition coefficient (Wildman–Crippen LogP) is 3.12. The van der Waals surface area contributed by atoms with Crippen molar-refractivity contribution < 1.29 is 14.3 Å². The van der Waals surface area contributed by atoms with E-state index >= 15 is 0 Å². The third kappa shape index (κ3) is 4.41. The number of nitrogens with one attached hydrogen (secondary N) is 2. The van der Waals surface area contributed by atoms with E-state index in [9.17, 15) is 4.79 Å². The topological polar surface area (TPSA) is 92.4 Å². The summed E-state index contributed by atoms with van der Waals surface area (Å²) in [6.45, 7) is 3.03. The van der Waals surface area contributed by atoms with E-state index in [1.54, 1.807) is 7.11 Å². The van der Waals surface area contributed by atoms with Crippen molar-refractivity contribution in [2.24, 2.45) is 0 Å². The van der Waals surface area contributed by atoms with Crippen LogP contribution in [0.15, 0.2) is 36.4 Å². The molecule has 0 radical (unpaired) electrons. The lowest BCUT2D eigenvalue weighted by molar-refractivity contribution is -0.129. The number of aromatic nitrogens is 3. The summed E-state index contributed by atoms with van der Waals surface area (Å²) in [4.78, 5) is 19.6. The number of carbonyl (C=O) groups is 1. The molecule has 2 aromatic heterocycles. The number of benzene rings is 1. The highest BCUT2D eigenvalue weighted by Gasteiger charge is 2.28. The Morgan fingerprint density at radius 3 is 2.97 bits per heavy atom. The van der Waals surface area contributed by atoms with Crippen molar-refractivity contribution in [1.82, 2.24) is 20.1 Å². The summed E-state index contributed by atoms with van der Waals surface area (Å²) in [6, 6.07) is 12.2. The van der Waals surface area contributed by atoms with Gasteiger partial charge in [0.05, 0.1) is 18.9 Å². The van der Waals surface area contributed by atoms with Crippen LogP contribution in [0.5, 0.6) is 5.75 Å². The van der Waals surface area contributed by atoms with E-state index in [2.05, 4.69) is 27.6 Å². The molecule has 8 nitrogen and oxygen atoms in total. The van der Waals surface area contributed by atoms with Crippen LogP contribution in [0, 0.1) is 0 Å². The molecule has 0 saturated carbocycles. The minimum absolute atomic E-state index is 0.145. The Morgan fingerprint density at radius 1 is 1.25 bits per heavy atom. The van der Waals surface area contributed by atoms with Gasteiger partial charge in [-0.1, -0.05) is 12.1 Å². The number of H-pyrrole nitrogens is 1. The highest BCUT2D eigenvalue weighted by Crippen LogP contribution is 2.29. The van der Waals surface area contributed by atoms with E-state index in [-0.39, 0.29) is 11.8 Å². The van der Waals surface area contributed by atoms with Crippen molar-refractivity contribution in [2.45, 2.75) is 37.6 Å². The second-order valence-electron chi connectivity index (χ2n) is 8.59. The zero-order valence-electron chi connectivity index (χ0n) is 18.3. The smallest absolute Gasteiger partial charge is 0.227 e. The largest absolute Gasteiger partial charge is 0.497 e. The van der Waals surface area contributed by atoms with Gasteiger partial charge in [0.15, 0.2) is 11.5 Å². The summed E-state index contributed by atoms with van der Waals surface area (Å²) < 4.78 is 10.7. The van der Waals surface area contributed by atoms with E-state index in [0.29, 0.717) is 19.0 Å². The van der Waals surface area contributed by atoms with E-state index in [0.717, 1.165) is 72.9 Å². The number of methoxy groups -OCH3 is 1. The molecule has 0 spiro atoms. The van der Waals surface area contributed by atoms with Gasteiger partial charge in [-0.25, -0.2) is 4.98 Å². The molecule has 0 unspecified atom stereocenters. The SMILES string of the molecule is COc1cccc(CC(=O)N2CC[C@@H](c3ccc4c(NC5CCOCC5)n[nH]c4n3)C2)c1. The first-order chi connectivity index (χ1) is 15.7. The molecular weight excluding hydrogens is 406 g/mol. The highest BCUT2D eigenvalue weighted by molar-refractivity contribution is 5.87. The van der Waals surface area contributed by atoms with E-state index in [1.165, 1.54) is 0 Å². The van der Waals surface area contributed by atoms with Crippen LogP contribution in [0.3, 0.4) is 0 Å². The molecule has 168 valence electrons. The van der Waals surface area contributed by atoms with Crippen molar-refractivity contribution in [3.05, 3.63) is 47.7 Å². The third-order valence-corrected chi connectivity index (χ3v) is 6.46. The number of amides is 1. The van der Waals surface area contributed by atoms with E-state index < -0.39 is 0 Å².